The highest BCUT2D eigenvalue weighted by Crippen LogP contribution is 2.24. The predicted molar refractivity (Wildman–Crippen MR) is 101 cm³/mol. The lowest BCUT2D eigenvalue weighted by Gasteiger charge is -2.00. The number of hydrogen-bond acceptors (Lipinski definition) is 5. The summed E-state index contributed by atoms with van der Waals surface area (Å²) in [5.74, 6) is 0. The summed E-state index contributed by atoms with van der Waals surface area (Å²) in [5.41, 5.74) is 5.86. The van der Waals surface area contributed by atoms with E-state index in [1.54, 1.807) is 12.4 Å². The largest absolute Gasteiger partial charge is 0.255 e. The summed E-state index contributed by atoms with van der Waals surface area (Å²) < 4.78 is 0. The van der Waals surface area contributed by atoms with Crippen molar-refractivity contribution in [3.8, 4) is 11.3 Å². The SMILES string of the molecule is C(=N\Nc1nc(-c2ccccc2)cs1)/c1nccc2ccccc12. The third-order valence-corrected chi connectivity index (χ3v) is 4.37. The Morgan fingerprint density at radius 2 is 1.79 bits per heavy atom. The van der Waals surface area contributed by atoms with E-state index in [1.165, 1.54) is 11.3 Å². The van der Waals surface area contributed by atoms with E-state index in [2.05, 4.69) is 26.6 Å². The maximum Gasteiger partial charge on any atom is 0.203 e. The van der Waals surface area contributed by atoms with Crippen molar-refractivity contribution in [1.29, 1.82) is 0 Å². The molecule has 0 aliphatic rings. The predicted octanol–water partition coefficient (Wildman–Crippen LogP) is 4.80. The third-order valence-electron chi connectivity index (χ3n) is 3.63. The van der Waals surface area contributed by atoms with Crippen LogP contribution in [0.5, 0.6) is 0 Å². The fraction of sp³-hybridized carbons (Fsp3) is 0. The van der Waals surface area contributed by atoms with Crippen molar-refractivity contribution in [2.45, 2.75) is 0 Å². The van der Waals surface area contributed by atoms with Crippen LogP contribution < -0.4 is 5.43 Å². The second-order valence-corrected chi connectivity index (χ2v) is 6.05. The Bertz CT molecular complexity index is 987. The zero-order valence-corrected chi connectivity index (χ0v) is 13.6. The van der Waals surface area contributed by atoms with Crippen molar-refractivity contribution >= 4 is 33.5 Å². The molecule has 24 heavy (non-hydrogen) atoms. The highest BCUT2D eigenvalue weighted by molar-refractivity contribution is 7.14. The molecule has 0 amide bonds. The highest BCUT2D eigenvalue weighted by Gasteiger charge is 2.03. The van der Waals surface area contributed by atoms with Crippen LogP contribution in [0.2, 0.25) is 0 Å². The average Bonchev–Trinajstić information content (AvgIpc) is 3.12. The first kappa shape index (κ1) is 14.5. The zero-order chi connectivity index (χ0) is 16.2. The first-order valence-electron chi connectivity index (χ1n) is 7.54. The summed E-state index contributed by atoms with van der Waals surface area (Å²) in [6.07, 6.45) is 3.52. The van der Waals surface area contributed by atoms with Crippen LogP contribution in [0.25, 0.3) is 22.0 Å². The average molecular weight is 330 g/mol. The molecule has 116 valence electrons. The van der Waals surface area contributed by atoms with Crippen LogP contribution in [-0.4, -0.2) is 16.2 Å². The Morgan fingerprint density at radius 3 is 2.71 bits per heavy atom. The number of fused-ring (bicyclic) bond motifs is 1. The molecule has 0 fully saturated rings. The summed E-state index contributed by atoms with van der Waals surface area (Å²) in [6, 6.07) is 20.2. The molecule has 0 bridgehead atoms. The summed E-state index contributed by atoms with van der Waals surface area (Å²) in [7, 11) is 0. The normalized spacial score (nSPS) is 11.2. The number of thiazole rings is 1. The third kappa shape index (κ3) is 3.02. The van der Waals surface area contributed by atoms with Gasteiger partial charge in [-0.1, -0.05) is 54.6 Å². The minimum Gasteiger partial charge on any atom is -0.255 e. The van der Waals surface area contributed by atoms with Gasteiger partial charge in [0.2, 0.25) is 5.13 Å². The van der Waals surface area contributed by atoms with Crippen molar-refractivity contribution in [2.24, 2.45) is 5.10 Å². The molecule has 2 heterocycles. The molecule has 0 aliphatic heterocycles. The lowest BCUT2D eigenvalue weighted by Crippen LogP contribution is -1.93. The molecule has 2 aromatic heterocycles. The molecule has 0 saturated heterocycles. The highest BCUT2D eigenvalue weighted by atomic mass is 32.1. The molecular formula is C19H14N4S. The standard InChI is InChI=1S/C19H14N4S/c1-2-7-15(8-3-1)18-13-24-19(22-18)23-21-12-17-16-9-5-4-6-14(16)10-11-20-17/h1-13H,(H,22,23)/b21-12+. The van der Waals surface area contributed by atoms with Gasteiger partial charge in [-0.25, -0.2) is 4.98 Å². The number of hydrazone groups is 1. The number of pyridine rings is 1. The van der Waals surface area contributed by atoms with E-state index < -0.39 is 0 Å². The number of benzene rings is 2. The number of nitrogens with one attached hydrogen (secondary N) is 1. The molecule has 4 nitrogen and oxygen atoms in total. The topological polar surface area (TPSA) is 50.2 Å². The van der Waals surface area contributed by atoms with Gasteiger partial charge < -0.3 is 0 Å². The molecule has 5 heteroatoms. The monoisotopic (exact) mass is 330 g/mol. The number of aromatic nitrogens is 2. The molecule has 0 unspecified atom stereocenters. The first-order valence-corrected chi connectivity index (χ1v) is 8.42. The van der Waals surface area contributed by atoms with Crippen molar-refractivity contribution in [3.63, 3.8) is 0 Å². The van der Waals surface area contributed by atoms with E-state index in [0.717, 1.165) is 32.9 Å². The van der Waals surface area contributed by atoms with Crippen molar-refractivity contribution in [1.82, 2.24) is 9.97 Å². The Balaban J connectivity index is 1.52. The van der Waals surface area contributed by atoms with Gasteiger partial charge in [-0.15, -0.1) is 11.3 Å². The maximum absolute atomic E-state index is 4.55. The van der Waals surface area contributed by atoms with Crippen LogP contribution in [0.4, 0.5) is 5.13 Å². The van der Waals surface area contributed by atoms with E-state index >= 15 is 0 Å². The van der Waals surface area contributed by atoms with Gasteiger partial charge in [0.15, 0.2) is 0 Å². The number of hydrogen-bond donors (Lipinski definition) is 1. The second kappa shape index (κ2) is 6.60. The molecule has 0 aliphatic carbocycles. The van der Waals surface area contributed by atoms with Gasteiger partial charge in [-0.2, -0.15) is 5.10 Å². The Kier molecular flexibility index (Phi) is 4.00. The van der Waals surface area contributed by atoms with E-state index in [1.807, 2.05) is 60.0 Å². The van der Waals surface area contributed by atoms with Crippen molar-refractivity contribution in [3.05, 3.63) is 77.9 Å². The van der Waals surface area contributed by atoms with Gasteiger partial charge in [0, 0.05) is 22.5 Å². The molecule has 0 saturated carbocycles. The minimum atomic E-state index is 0.755. The van der Waals surface area contributed by atoms with Crippen LogP contribution in [0.15, 0.2) is 77.3 Å². The molecule has 0 radical (unpaired) electrons. The summed E-state index contributed by atoms with van der Waals surface area (Å²) >= 11 is 1.53. The van der Waals surface area contributed by atoms with Gasteiger partial charge in [0.05, 0.1) is 17.6 Å². The molecule has 4 aromatic rings. The smallest absolute Gasteiger partial charge is 0.203 e. The maximum atomic E-state index is 4.55. The van der Waals surface area contributed by atoms with Gasteiger partial charge in [0.1, 0.15) is 0 Å². The molecule has 0 atom stereocenters. The molecule has 4 rings (SSSR count). The van der Waals surface area contributed by atoms with E-state index in [-0.39, 0.29) is 0 Å². The summed E-state index contributed by atoms with van der Waals surface area (Å²) in [5, 5.41) is 9.28. The first-order chi connectivity index (χ1) is 11.9. The van der Waals surface area contributed by atoms with Crippen LogP contribution >= 0.6 is 11.3 Å². The minimum absolute atomic E-state index is 0.755. The van der Waals surface area contributed by atoms with Crippen LogP contribution in [0.3, 0.4) is 0 Å². The Morgan fingerprint density at radius 1 is 0.958 bits per heavy atom. The molecular weight excluding hydrogens is 316 g/mol. The van der Waals surface area contributed by atoms with E-state index in [9.17, 15) is 0 Å². The number of rotatable bonds is 4. The Hall–Kier alpha value is -3.05. The molecule has 0 spiro atoms. The van der Waals surface area contributed by atoms with Crippen LogP contribution in [-0.2, 0) is 0 Å². The van der Waals surface area contributed by atoms with Crippen LogP contribution in [0, 0.1) is 0 Å². The van der Waals surface area contributed by atoms with Gasteiger partial charge >= 0.3 is 0 Å². The quantitative estimate of drug-likeness (QED) is 0.432. The lowest BCUT2D eigenvalue weighted by molar-refractivity contribution is 1.27. The van der Waals surface area contributed by atoms with Gasteiger partial charge in [-0.3, -0.25) is 10.4 Å². The van der Waals surface area contributed by atoms with Crippen molar-refractivity contribution < 1.29 is 0 Å². The summed E-state index contributed by atoms with van der Waals surface area (Å²) in [4.78, 5) is 8.93. The van der Waals surface area contributed by atoms with Gasteiger partial charge in [-0.05, 0) is 11.5 Å². The summed E-state index contributed by atoms with van der Waals surface area (Å²) in [6.45, 7) is 0. The molecule has 1 N–H and O–H groups in total. The zero-order valence-electron chi connectivity index (χ0n) is 12.8. The fourth-order valence-corrected chi connectivity index (χ4v) is 3.13. The van der Waals surface area contributed by atoms with E-state index in [4.69, 9.17) is 0 Å². The van der Waals surface area contributed by atoms with Crippen LogP contribution in [0.1, 0.15) is 5.69 Å². The fourth-order valence-electron chi connectivity index (χ4n) is 2.46. The lowest BCUT2D eigenvalue weighted by atomic mass is 10.1. The Labute approximate surface area is 143 Å². The van der Waals surface area contributed by atoms with E-state index in [0.29, 0.717) is 0 Å². The molecule has 2 aromatic carbocycles. The number of nitrogens with zero attached hydrogens (tertiary/aromatic N) is 3. The van der Waals surface area contributed by atoms with Crippen molar-refractivity contribution in [2.75, 3.05) is 5.43 Å². The van der Waals surface area contributed by atoms with Gasteiger partial charge in [0.25, 0.3) is 0 Å². The second-order valence-electron chi connectivity index (χ2n) is 5.19. The number of anilines is 1.